The molecular weight excluding hydrogens is 232 g/mol. The Bertz CT molecular complexity index is 250. The molecule has 114 valence electrons. The lowest BCUT2D eigenvalue weighted by Crippen LogP contribution is -2.53. The molecule has 3 atom stereocenters. The van der Waals surface area contributed by atoms with Crippen LogP contribution in [0.4, 0.5) is 0 Å². The molecule has 1 rings (SSSR count). The zero-order valence-electron chi connectivity index (χ0n) is 14.1. The molecule has 0 aliphatic heterocycles. The van der Waals surface area contributed by atoms with E-state index in [9.17, 15) is 0 Å². The third kappa shape index (κ3) is 4.46. The zero-order chi connectivity index (χ0) is 14.5. The van der Waals surface area contributed by atoms with Gasteiger partial charge >= 0.3 is 0 Å². The van der Waals surface area contributed by atoms with E-state index in [1.54, 1.807) is 0 Å². The summed E-state index contributed by atoms with van der Waals surface area (Å²) >= 11 is 0. The Balaban J connectivity index is 2.73. The Hall–Kier alpha value is -0.0800. The normalized spacial score (nSPS) is 28.9. The first kappa shape index (κ1) is 17.0. The fraction of sp³-hybridized carbons (Fsp3) is 1.00. The van der Waals surface area contributed by atoms with Crippen molar-refractivity contribution < 1.29 is 0 Å². The van der Waals surface area contributed by atoms with Crippen LogP contribution < -0.4 is 5.32 Å². The third-order valence-electron chi connectivity index (χ3n) is 5.44. The van der Waals surface area contributed by atoms with Gasteiger partial charge in [-0.2, -0.15) is 0 Å². The number of nitrogens with one attached hydrogen (secondary N) is 1. The van der Waals surface area contributed by atoms with E-state index in [1.807, 2.05) is 0 Å². The lowest BCUT2D eigenvalue weighted by molar-refractivity contribution is 0.0628. The second-order valence-electron chi connectivity index (χ2n) is 7.06. The minimum atomic E-state index is 0.502. The van der Waals surface area contributed by atoms with Gasteiger partial charge in [-0.1, -0.05) is 41.0 Å². The van der Waals surface area contributed by atoms with Gasteiger partial charge in [-0.05, 0) is 57.2 Å². The van der Waals surface area contributed by atoms with Gasteiger partial charge in [0, 0.05) is 12.1 Å². The van der Waals surface area contributed by atoms with Gasteiger partial charge in [-0.25, -0.2) is 0 Å². The maximum atomic E-state index is 3.72. The number of nitrogens with zero attached hydrogens (tertiary/aromatic N) is 1. The van der Waals surface area contributed by atoms with Crippen LogP contribution in [0.5, 0.6) is 0 Å². The molecule has 1 N–H and O–H groups in total. The molecule has 1 saturated carbocycles. The molecule has 0 heterocycles. The molecule has 0 aromatic rings. The van der Waals surface area contributed by atoms with E-state index in [1.165, 1.54) is 38.6 Å². The first-order valence-electron chi connectivity index (χ1n) is 8.39. The number of hydrogen-bond acceptors (Lipinski definition) is 2. The highest BCUT2D eigenvalue weighted by Crippen LogP contribution is 2.41. The fourth-order valence-electron chi connectivity index (χ4n) is 3.65. The van der Waals surface area contributed by atoms with E-state index in [4.69, 9.17) is 0 Å². The van der Waals surface area contributed by atoms with Crippen molar-refractivity contribution in [1.82, 2.24) is 10.2 Å². The molecule has 0 bridgehead atoms. The van der Waals surface area contributed by atoms with Gasteiger partial charge in [-0.15, -0.1) is 0 Å². The molecule has 0 aromatic carbocycles. The van der Waals surface area contributed by atoms with E-state index in [0.29, 0.717) is 11.5 Å². The van der Waals surface area contributed by atoms with Crippen molar-refractivity contribution in [3.8, 4) is 0 Å². The molecule has 0 amide bonds. The Morgan fingerprint density at radius 2 is 1.84 bits per heavy atom. The molecule has 3 unspecified atom stereocenters. The molecule has 0 spiro atoms. The van der Waals surface area contributed by atoms with Gasteiger partial charge in [0.15, 0.2) is 0 Å². The highest BCUT2D eigenvalue weighted by Gasteiger charge is 2.38. The van der Waals surface area contributed by atoms with Gasteiger partial charge in [0.05, 0.1) is 0 Å². The van der Waals surface area contributed by atoms with Crippen LogP contribution in [-0.4, -0.2) is 37.1 Å². The predicted octanol–water partition coefficient (Wildman–Crippen LogP) is 3.91. The molecule has 0 radical (unpaired) electrons. The smallest absolute Gasteiger partial charge is 0.0249 e. The molecule has 1 fully saturated rings. The lowest BCUT2D eigenvalue weighted by atomic mass is 9.67. The lowest BCUT2D eigenvalue weighted by Gasteiger charge is -2.46. The predicted molar refractivity (Wildman–Crippen MR) is 85.6 cm³/mol. The number of rotatable bonds is 7. The van der Waals surface area contributed by atoms with Crippen molar-refractivity contribution >= 4 is 0 Å². The quantitative estimate of drug-likeness (QED) is 0.753. The van der Waals surface area contributed by atoms with Crippen LogP contribution in [0.25, 0.3) is 0 Å². The monoisotopic (exact) mass is 268 g/mol. The Labute approximate surface area is 121 Å². The number of likely N-dealkylation sites (N-methyl/N-ethyl adjacent to an activating group) is 2. The summed E-state index contributed by atoms with van der Waals surface area (Å²) in [6, 6.07) is 1.43. The van der Waals surface area contributed by atoms with Gasteiger partial charge in [0.2, 0.25) is 0 Å². The summed E-state index contributed by atoms with van der Waals surface area (Å²) in [4.78, 5) is 2.60. The summed E-state index contributed by atoms with van der Waals surface area (Å²) < 4.78 is 0. The zero-order valence-corrected chi connectivity index (χ0v) is 14.1. The Morgan fingerprint density at radius 3 is 2.37 bits per heavy atom. The van der Waals surface area contributed by atoms with E-state index in [-0.39, 0.29) is 0 Å². The SMILES string of the molecule is CCCN(C)C1CC(C(C)(C)CC)CCC1NCC. The van der Waals surface area contributed by atoms with Crippen LogP contribution in [0, 0.1) is 11.3 Å². The van der Waals surface area contributed by atoms with Crippen molar-refractivity contribution in [2.45, 2.75) is 78.8 Å². The largest absolute Gasteiger partial charge is 0.313 e. The van der Waals surface area contributed by atoms with Gasteiger partial charge < -0.3 is 10.2 Å². The maximum absolute atomic E-state index is 3.72. The van der Waals surface area contributed by atoms with E-state index in [2.05, 4.69) is 51.9 Å². The summed E-state index contributed by atoms with van der Waals surface area (Å²) in [5, 5.41) is 3.72. The highest BCUT2D eigenvalue weighted by molar-refractivity contribution is 4.94. The molecule has 2 nitrogen and oxygen atoms in total. The maximum Gasteiger partial charge on any atom is 0.0249 e. The first-order chi connectivity index (χ1) is 8.96. The second-order valence-corrected chi connectivity index (χ2v) is 7.06. The van der Waals surface area contributed by atoms with Gasteiger partial charge in [0.1, 0.15) is 0 Å². The average molecular weight is 268 g/mol. The van der Waals surface area contributed by atoms with Crippen LogP contribution >= 0.6 is 0 Å². The van der Waals surface area contributed by atoms with Crippen LogP contribution in [-0.2, 0) is 0 Å². The third-order valence-corrected chi connectivity index (χ3v) is 5.44. The van der Waals surface area contributed by atoms with Crippen LogP contribution in [0.2, 0.25) is 0 Å². The van der Waals surface area contributed by atoms with Crippen LogP contribution in [0.15, 0.2) is 0 Å². The van der Waals surface area contributed by atoms with Crippen molar-refractivity contribution in [2.24, 2.45) is 11.3 Å². The van der Waals surface area contributed by atoms with Crippen molar-refractivity contribution in [3.63, 3.8) is 0 Å². The van der Waals surface area contributed by atoms with Crippen molar-refractivity contribution in [3.05, 3.63) is 0 Å². The molecular formula is C17H36N2. The summed E-state index contributed by atoms with van der Waals surface area (Å²) in [6.07, 6.45) is 6.67. The van der Waals surface area contributed by atoms with Crippen molar-refractivity contribution in [1.29, 1.82) is 0 Å². The van der Waals surface area contributed by atoms with Gasteiger partial charge in [-0.3, -0.25) is 0 Å². The van der Waals surface area contributed by atoms with E-state index in [0.717, 1.165) is 18.5 Å². The summed E-state index contributed by atoms with van der Waals surface area (Å²) in [6.45, 7) is 14.1. The standard InChI is InChI=1S/C17H36N2/c1-7-12-19(6)16-13-14(17(4,5)8-2)10-11-15(16)18-9-3/h14-16,18H,7-13H2,1-6H3. The van der Waals surface area contributed by atoms with E-state index >= 15 is 0 Å². The minimum absolute atomic E-state index is 0.502. The summed E-state index contributed by atoms with van der Waals surface area (Å²) in [5.41, 5.74) is 0.502. The fourth-order valence-corrected chi connectivity index (χ4v) is 3.65. The van der Waals surface area contributed by atoms with Gasteiger partial charge in [0.25, 0.3) is 0 Å². The molecule has 1 aliphatic carbocycles. The Morgan fingerprint density at radius 1 is 1.16 bits per heavy atom. The Kier molecular flexibility index (Phi) is 6.82. The molecule has 2 heteroatoms. The highest BCUT2D eigenvalue weighted by atomic mass is 15.2. The van der Waals surface area contributed by atoms with Crippen molar-refractivity contribution in [2.75, 3.05) is 20.1 Å². The second kappa shape index (κ2) is 7.64. The summed E-state index contributed by atoms with van der Waals surface area (Å²) in [5.74, 6) is 0.886. The molecule has 19 heavy (non-hydrogen) atoms. The number of hydrogen-bond donors (Lipinski definition) is 1. The topological polar surface area (TPSA) is 15.3 Å². The first-order valence-corrected chi connectivity index (χ1v) is 8.39. The van der Waals surface area contributed by atoms with Crippen LogP contribution in [0.3, 0.4) is 0 Å². The van der Waals surface area contributed by atoms with Crippen LogP contribution in [0.1, 0.15) is 66.7 Å². The molecule has 1 aliphatic rings. The summed E-state index contributed by atoms with van der Waals surface area (Å²) in [7, 11) is 2.32. The molecule has 0 aromatic heterocycles. The van der Waals surface area contributed by atoms with E-state index < -0.39 is 0 Å². The average Bonchev–Trinajstić information content (AvgIpc) is 2.39. The minimum Gasteiger partial charge on any atom is -0.313 e. The molecule has 0 saturated heterocycles.